The van der Waals surface area contributed by atoms with Crippen molar-refractivity contribution in [2.45, 2.75) is 45.1 Å². The molecule has 2 nitrogen and oxygen atoms in total. The molecule has 0 saturated carbocycles. The van der Waals surface area contributed by atoms with Gasteiger partial charge >= 0.3 is 0 Å². The summed E-state index contributed by atoms with van der Waals surface area (Å²) >= 11 is 1.52. The van der Waals surface area contributed by atoms with E-state index in [1.165, 1.54) is 23.5 Å². The first-order valence-corrected chi connectivity index (χ1v) is 7.66. The van der Waals surface area contributed by atoms with Gasteiger partial charge in [-0.25, -0.2) is 13.8 Å². The lowest BCUT2D eigenvalue weighted by molar-refractivity contribution is 0.151. The van der Waals surface area contributed by atoms with Gasteiger partial charge in [0.05, 0.1) is 16.8 Å². The maximum atomic E-state index is 12.5. The molecule has 0 radical (unpaired) electrons. The van der Waals surface area contributed by atoms with Crippen molar-refractivity contribution in [3.8, 4) is 0 Å². The van der Waals surface area contributed by atoms with E-state index >= 15 is 0 Å². The van der Waals surface area contributed by atoms with Crippen molar-refractivity contribution in [1.29, 1.82) is 0 Å². The van der Waals surface area contributed by atoms with Crippen LogP contribution < -0.4 is 0 Å². The molecule has 1 aromatic heterocycles. The zero-order valence-corrected chi connectivity index (χ0v) is 13.1. The van der Waals surface area contributed by atoms with Crippen molar-refractivity contribution < 1.29 is 13.9 Å². The molecule has 114 valence electrons. The average Bonchev–Trinajstić information content (AvgIpc) is 2.87. The van der Waals surface area contributed by atoms with Crippen LogP contribution >= 0.6 is 11.3 Å². The van der Waals surface area contributed by atoms with Crippen LogP contribution in [0.15, 0.2) is 29.6 Å². The summed E-state index contributed by atoms with van der Waals surface area (Å²) < 4.78 is 25.0. The summed E-state index contributed by atoms with van der Waals surface area (Å²) in [6.45, 7) is 6.27. The van der Waals surface area contributed by atoms with Crippen molar-refractivity contribution in [3.63, 3.8) is 0 Å². The number of hydrogen-bond donors (Lipinski definition) is 1. The maximum absolute atomic E-state index is 12.5. The number of thiazole rings is 1. The molecule has 0 spiro atoms. The molecule has 5 heteroatoms. The largest absolute Gasteiger partial charge is 0.388 e. The summed E-state index contributed by atoms with van der Waals surface area (Å²) in [6.07, 6.45) is -2.81. The molecule has 0 fully saturated rings. The highest BCUT2D eigenvalue weighted by Gasteiger charge is 2.19. The molecule has 0 saturated heterocycles. The predicted molar refractivity (Wildman–Crippen MR) is 80.9 cm³/mol. The average molecular weight is 311 g/mol. The second kappa shape index (κ2) is 6.20. The van der Waals surface area contributed by atoms with Gasteiger partial charge in [0.15, 0.2) is 0 Å². The molecule has 0 aliphatic rings. The number of alkyl halides is 2. The smallest absolute Gasteiger partial charge is 0.263 e. The predicted octanol–water partition coefficient (Wildman–Crippen LogP) is 4.65. The first kappa shape index (κ1) is 16.0. The molecule has 1 N–H and O–H groups in total. The van der Waals surface area contributed by atoms with Crippen LogP contribution in [0, 0.1) is 0 Å². The summed E-state index contributed by atoms with van der Waals surface area (Å²) in [7, 11) is 0. The van der Waals surface area contributed by atoms with E-state index < -0.39 is 12.5 Å². The van der Waals surface area contributed by atoms with Crippen LogP contribution in [0.5, 0.6) is 0 Å². The van der Waals surface area contributed by atoms with Crippen molar-refractivity contribution in [3.05, 3.63) is 51.5 Å². The summed E-state index contributed by atoms with van der Waals surface area (Å²) in [5.74, 6) is 0. The summed E-state index contributed by atoms with van der Waals surface area (Å²) in [5, 5.41) is 13.0. The van der Waals surface area contributed by atoms with Gasteiger partial charge in [-0.2, -0.15) is 0 Å². The Morgan fingerprint density at radius 2 is 1.71 bits per heavy atom. The fraction of sp³-hybridized carbons (Fsp3) is 0.438. The van der Waals surface area contributed by atoms with E-state index in [2.05, 4.69) is 25.8 Å². The number of rotatable bonds is 4. The van der Waals surface area contributed by atoms with Crippen molar-refractivity contribution in [1.82, 2.24) is 4.98 Å². The molecular formula is C16H19F2NOS. The van der Waals surface area contributed by atoms with Gasteiger partial charge in [-0.1, -0.05) is 45.0 Å². The molecule has 1 atom stereocenters. The van der Waals surface area contributed by atoms with E-state index in [0.29, 0.717) is 12.0 Å². The quantitative estimate of drug-likeness (QED) is 0.891. The highest BCUT2D eigenvalue weighted by Crippen LogP contribution is 2.27. The van der Waals surface area contributed by atoms with Gasteiger partial charge < -0.3 is 5.11 Å². The number of aromatic nitrogens is 1. The van der Waals surface area contributed by atoms with Crippen LogP contribution in [-0.2, 0) is 11.8 Å². The van der Waals surface area contributed by atoms with Gasteiger partial charge in [0, 0.05) is 22.8 Å². The van der Waals surface area contributed by atoms with E-state index in [0.717, 1.165) is 10.7 Å². The van der Waals surface area contributed by atoms with Crippen molar-refractivity contribution >= 4 is 11.3 Å². The molecule has 21 heavy (non-hydrogen) atoms. The van der Waals surface area contributed by atoms with E-state index in [9.17, 15) is 13.9 Å². The van der Waals surface area contributed by atoms with E-state index in [-0.39, 0.29) is 11.0 Å². The first-order chi connectivity index (χ1) is 9.77. The van der Waals surface area contributed by atoms with Crippen LogP contribution in [0.25, 0.3) is 0 Å². The third-order valence-electron chi connectivity index (χ3n) is 3.26. The van der Waals surface area contributed by atoms with Crippen molar-refractivity contribution in [2.75, 3.05) is 0 Å². The molecular weight excluding hydrogens is 292 g/mol. The van der Waals surface area contributed by atoms with Gasteiger partial charge in [0.1, 0.15) is 0 Å². The lowest BCUT2D eigenvalue weighted by atomic mass is 9.93. The zero-order chi connectivity index (χ0) is 15.6. The monoisotopic (exact) mass is 311 g/mol. The standard InChI is InChI=1S/C16H19F2NOS/c1-16(2,3)13-9-21-14(19-13)8-12(20)10-4-6-11(7-5-10)15(17)18/h4-7,9,12,15,20H,8H2,1-3H3. The van der Waals surface area contributed by atoms with Crippen LogP contribution in [0.1, 0.15) is 55.1 Å². The minimum atomic E-state index is -2.48. The molecule has 1 unspecified atom stereocenters. The Hall–Kier alpha value is -1.33. The zero-order valence-electron chi connectivity index (χ0n) is 12.3. The molecule has 1 heterocycles. The lowest BCUT2D eigenvalue weighted by Gasteiger charge is -2.14. The Labute approximate surface area is 127 Å². The van der Waals surface area contributed by atoms with Gasteiger partial charge in [-0.05, 0) is 5.56 Å². The lowest BCUT2D eigenvalue weighted by Crippen LogP contribution is -2.12. The highest BCUT2D eigenvalue weighted by molar-refractivity contribution is 7.09. The Morgan fingerprint density at radius 3 is 2.19 bits per heavy atom. The van der Waals surface area contributed by atoms with E-state index in [1.54, 1.807) is 12.1 Å². The number of halogens is 2. The van der Waals surface area contributed by atoms with E-state index in [4.69, 9.17) is 0 Å². The van der Waals surface area contributed by atoms with Crippen LogP contribution in [-0.4, -0.2) is 10.1 Å². The second-order valence-electron chi connectivity index (χ2n) is 6.06. The van der Waals surface area contributed by atoms with Gasteiger partial charge in [-0.3, -0.25) is 0 Å². The Bertz CT molecular complexity index is 587. The second-order valence-corrected chi connectivity index (χ2v) is 7.01. The minimum absolute atomic E-state index is 0.0153. The summed E-state index contributed by atoms with van der Waals surface area (Å²) in [6, 6.07) is 5.80. The van der Waals surface area contributed by atoms with Crippen LogP contribution in [0.3, 0.4) is 0 Å². The van der Waals surface area contributed by atoms with Gasteiger partial charge in [0.25, 0.3) is 6.43 Å². The number of hydrogen-bond acceptors (Lipinski definition) is 3. The molecule has 1 aromatic carbocycles. The van der Waals surface area contributed by atoms with Crippen LogP contribution in [0.4, 0.5) is 8.78 Å². The number of aliphatic hydroxyl groups excluding tert-OH is 1. The molecule has 0 bridgehead atoms. The third-order valence-corrected chi connectivity index (χ3v) is 4.13. The maximum Gasteiger partial charge on any atom is 0.263 e. The molecule has 2 aromatic rings. The van der Waals surface area contributed by atoms with E-state index in [1.807, 2.05) is 5.38 Å². The molecule has 0 aliphatic carbocycles. The number of aliphatic hydroxyl groups is 1. The topological polar surface area (TPSA) is 33.1 Å². The normalized spacial score (nSPS) is 13.7. The molecule has 0 aliphatic heterocycles. The third kappa shape index (κ3) is 4.08. The minimum Gasteiger partial charge on any atom is -0.388 e. The highest BCUT2D eigenvalue weighted by atomic mass is 32.1. The molecule has 0 amide bonds. The van der Waals surface area contributed by atoms with Gasteiger partial charge in [-0.15, -0.1) is 11.3 Å². The summed E-state index contributed by atoms with van der Waals surface area (Å²) in [4.78, 5) is 4.53. The summed E-state index contributed by atoms with van der Waals surface area (Å²) in [5.41, 5.74) is 1.59. The Kier molecular flexibility index (Phi) is 4.74. The SMILES string of the molecule is CC(C)(C)c1csc(CC(O)c2ccc(C(F)F)cc2)n1. The van der Waals surface area contributed by atoms with Crippen LogP contribution in [0.2, 0.25) is 0 Å². The van der Waals surface area contributed by atoms with Gasteiger partial charge in [0.2, 0.25) is 0 Å². The molecule has 2 rings (SSSR count). The van der Waals surface area contributed by atoms with Crippen molar-refractivity contribution in [2.24, 2.45) is 0 Å². The fourth-order valence-electron chi connectivity index (χ4n) is 1.90. The first-order valence-electron chi connectivity index (χ1n) is 6.78. The Morgan fingerprint density at radius 1 is 1.14 bits per heavy atom. The fourth-order valence-corrected chi connectivity index (χ4v) is 2.96. The number of nitrogens with zero attached hydrogens (tertiary/aromatic N) is 1. The Balaban J connectivity index is 2.07. The number of benzene rings is 1.